The molecule has 1 aliphatic rings. The maximum Gasteiger partial charge on any atom is 0.0425 e. The average Bonchev–Trinajstić information content (AvgIpc) is 2.19. The van der Waals surface area contributed by atoms with Gasteiger partial charge in [-0.15, -0.1) is 0 Å². The third-order valence-corrected chi connectivity index (χ3v) is 3.11. The molecule has 1 fully saturated rings. The number of para-hydroxylation sites is 1. The molecule has 0 unspecified atom stereocenters. The summed E-state index contributed by atoms with van der Waals surface area (Å²) in [7, 11) is 0. The van der Waals surface area contributed by atoms with Crippen LogP contribution in [0.15, 0.2) is 18.2 Å². The first kappa shape index (κ1) is 9.57. The molecule has 1 saturated heterocycles. The molecule has 0 saturated carbocycles. The highest BCUT2D eigenvalue weighted by Gasteiger charge is 2.14. The van der Waals surface area contributed by atoms with E-state index in [1.807, 2.05) is 0 Å². The van der Waals surface area contributed by atoms with Gasteiger partial charge >= 0.3 is 0 Å². The molecule has 1 heteroatoms. The highest BCUT2D eigenvalue weighted by Crippen LogP contribution is 2.27. The first-order chi connectivity index (χ1) is 6.79. The van der Waals surface area contributed by atoms with E-state index in [-0.39, 0.29) is 0 Å². The summed E-state index contributed by atoms with van der Waals surface area (Å²) in [5, 5.41) is 0. The van der Waals surface area contributed by atoms with Gasteiger partial charge in [0.2, 0.25) is 0 Å². The van der Waals surface area contributed by atoms with Crippen molar-refractivity contribution in [2.45, 2.75) is 33.1 Å². The second-order valence-corrected chi connectivity index (χ2v) is 4.29. The minimum atomic E-state index is 1.24. The maximum atomic E-state index is 2.55. The Morgan fingerprint density at radius 1 is 0.929 bits per heavy atom. The molecule has 1 nitrogen and oxygen atoms in total. The van der Waals surface area contributed by atoms with Crippen molar-refractivity contribution in [3.63, 3.8) is 0 Å². The lowest BCUT2D eigenvalue weighted by Gasteiger charge is -2.31. The van der Waals surface area contributed by atoms with Crippen LogP contribution in [-0.2, 0) is 0 Å². The Bertz CT molecular complexity index is 291. The van der Waals surface area contributed by atoms with Crippen LogP contribution < -0.4 is 4.90 Å². The Labute approximate surface area is 86.7 Å². The van der Waals surface area contributed by atoms with Crippen LogP contribution in [0.4, 0.5) is 5.69 Å². The highest BCUT2D eigenvalue weighted by molar-refractivity contribution is 5.58. The van der Waals surface area contributed by atoms with Crippen molar-refractivity contribution in [2.24, 2.45) is 0 Å². The third kappa shape index (κ3) is 1.77. The van der Waals surface area contributed by atoms with Gasteiger partial charge in [-0.25, -0.2) is 0 Å². The fourth-order valence-electron chi connectivity index (χ4n) is 2.42. The molecule has 0 spiro atoms. The summed E-state index contributed by atoms with van der Waals surface area (Å²) < 4.78 is 0. The molecule has 0 amide bonds. The van der Waals surface area contributed by atoms with Crippen molar-refractivity contribution >= 4 is 5.69 Å². The molecule has 76 valence electrons. The zero-order valence-electron chi connectivity index (χ0n) is 9.21. The summed E-state index contributed by atoms with van der Waals surface area (Å²) in [5.74, 6) is 0. The Hall–Kier alpha value is -0.980. The van der Waals surface area contributed by atoms with Crippen LogP contribution in [0.1, 0.15) is 30.4 Å². The second kappa shape index (κ2) is 4.04. The van der Waals surface area contributed by atoms with Gasteiger partial charge in [-0.2, -0.15) is 0 Å². The van der Waals surface area contributed by atoms with Crippen molar-refractivity contribution in [1.82, 2.24) is 0 Å². The minimum Gasteiger partial charge on any atom is -0.371 e. The van der Waals surface area contributed by atoms with Gasteiger partial charge in [0.15, 0.2) is 0 Å². The average molecular weight is 189 g/mol. The SMILES string of the molecule is Cc1cccc(C)c1N1CCCCC1. The summed E-state index contributed by atoms with van der Waals surface area (Å²) in [6.45, 7) is 6.92. The Kier molecular flexibility index (Phi) is 2.76. The number of nitrogens with zero attached hydrogens (tertiary/aromatic N) is 1. The van der Waals surface area contributed by atoms with E-state index in [1.54, 1.807) is 0 Å². The van der Waals surface area contributed by atoms with E-state index >= 15 is 0 Å². The molecule has 14 heavy (non-hydrogen) atoms. The van der Waals surface area contributed by atoms with E-state index in [1.165, 1.54) is 49.2 Å². The standard InChI is InChI=1S/C13H19N/c1-11-7-6-8-12(2)13(11)14-9-4-3-5-10-14/h6-8H,3-5,9-10H2,1-2H3. The molecule has 1 aliphatic heterocycles. The Morgan fingerprint density at radius 2 is 1.50 bits per heavy atom. The summed E-state index contributed by atoms with van der Waals surface area (Å²) >= 11 is 0. The van der Waals surface area contributed by atoms with Gasteiger partial charge in [0.25, 0.3) is 0 Å². The van der Waals surface area contributed by atoms with Crippen molar-refractivity contribution in [2.75, 3.05) is 18.0 Å². The molecule has 0 radical (unpaired) electrons. The lowest BCUT2D eigenvalue weighted by atomic mass is 10.0. The Balaban J connectivity index is 2.29. The molecule has 0 bridgehead atoms. The molecular formula is C13H19N. The third-order valence-electron chi connectivity index (χ3n) is 3.11. The van der Waals surface area contributed by atoms with Gasteiger partial charge in [0, 0.05) is 18.8 Å². The molecule has 1 aromatic rings. The Morgan fingerprint density at radius 3 is 2.07 bits per heavy atom. The van der Waals surface area contributed by atoms with E-state index < -0.39 is 0 Å². The minimum absolute atomic E-state index is 1.24. The second-order valence-electron chi connectivity index (χ2n) is 4.29. The predicted molar refractivity (Wildman–Crippen MR) is 62.0 cm³/mol. The van der Waals surface area contributed by atoms with Crippen LogP contribution in [0, 0.1) is 13.8 Å². The molecular weight excluding hydrogens is 170 g/mol. The monoisotopic (exact) mass is 189 g/mol. The lowest BCUT2D eigenvalue weighted by Crippen LogP contribution is -2.30. The fraction of sp³-hybridized carbons (Fsp3) is 0.538. The predicted octanol–water partition coefficient (Wildman–Crippen LogP) is 3.29. The summed E-state index contributed by atoms with van der Waals surface area (Å²) in [5.41, 5.74) is 4.32. The van der Waals surface area contributed by atoms with Crippen molar-refractivity contribution in [3.8, 4) is 0 Å². The van der Waals surface area contributed by atoms with Gasteiger partial charge in [-0.1, -0.05) is 18.2 Å². The lowest BCUT2D eigenvalue weighted by molar-refractivity contribution is 0.576. The first-order valence-electron chi connectivity index (χ1n) is 5.60. The zero-order valence-corrected chi connectivity index (χ0v) is 9.21. The highest BCUT2D eigenvalue weighted by atomic mass is 15.1. The topological polar surface area (TPSA) is 3.24 Å². The van der Waals surface area contributed by atoms with E-state index in [0.717, 1.165) is 0 Å². The smallest absolute Gasteiger partial charge is 0.0425 e. The van der Waals surface area contributed by atoms with E-state index in [4.69, 9.17) is 0 Å². The number of anilines is 1. The largest absolute Gasteiger partial charge is 0.371 e. The number of piperidine rings is 1. The molecule has 2 rings (SSSR count). The van der Waals surface area contributed by atoms with Crippen molar-refractivity contribution in [3.05, 3.63) is 29.3 Å². The van der Waals surface area contributed by atoms with E-state index in [2.05, 4.69) is 36.9 Å². The van der Waals surface area contributed by atoms with Crippen LogP contribution >= 0.6 is 0 Å². The van der Waals surface area contributed by atoms with Gasteiger partial charge in [0.1, 0.15) is 0 Å². The van der Waals surface area contributed by atoms with Crippen LogP contribution in [0.5, 0.6) is 0 Å². The summed E-state index contributed by atoms with van der Waals surface area (Å²) in [6, 6.07) is 6.59. The van der Waals surface area contributed by atoms with Crippen LogP contribution in [0.3, 0.4) is 0 Å². The van der Waals surface area contributed by atoms with E-state index in [9.17, 15) is 0 Å². The summed E-state index contributed by atoms with van der Waals surface area (Å²) in [4.78, 5) is 2.55. The van der Waals surface area contributed by atoms with E-state index in [0.29, 0.717) is 0 Å². The zero-order chi connectivity index (χ0) is 9.97. The summed E-state index contributed by atoms with van der Waals surface area (Å²) in [6.07, 6.45) is 4.11. The number of benzene rings is 1. The van der Waals surface area contributed by atoms with Gasteiger partial charge in [-0.05, 0) is 44.2 Å². The molecule has 1 aromatic carbocycles. The van der Waals surface area contributed by atoms with Crippen molar-refractivity contribution < 1.29 is 0 Å². The molecule has 0 N–H and O–H groups in total. The van der Waals surface area contributed by atoms with Crippen LogP contribution in [0.25, 0.3) is 0 Å². The molecule has 1 heterocycles. The van der Waals surface area contributed by atoms with Crippen LogP contribution in [0.2, 0.25) is 0 Å². The van der Waals surface area contributed by atoms with Gasteiger partial charge in [-0.3, -0.25) is 0 Å². The quantitative estimate of drug-likeness (QED) is 0.655. The van der Waals surface area contributed by atoms with Crippen LogP contribution in [-0.4, -0.2) is 13.1 Å². The number of rotatable bonds is 1. The number of hydrogen-bond donors (Lipinski definition) is 0. The van der Waals surface area contributed by atoms with Crippen molar-refractivity contribution in [1.29, 1.82) is 0 Å². The van der Waals surface area contributed by atoms with Gasteiger partial charge < -0.3 is 4.90 Å². The molecule has 0 atom stereocenters. The molecule has 0 aliphatic carbocycles. The first-order valence-corrected chi connectivity index (χ1v) is 5.60. The fourth-order valence-corrected chi connectivity index (χ4v) is 2.42. The molecule has 0 aromatic heterocycles. The maximum absolute atomic E-state index is 2.55. The number of aryl methyl sites for hydroxylation is 2. The van der Waals surface area contributed by atoms with Gasteiger partial charge in [0.05, 0.1) is 0 Å². The number of hydrogen-bond acceptors (Lipinski definition) is 1. The normalized spacial score (nSPS) is 17.1.